The number of nitrogens with one attached hydrogen (secondary N) is 2. The summed E-state index contributed by atoms with van der Waals surface area (Å²) in [5.74, 6) is 0.842. The van der Waals surface area contributed by atoms with Crippen LogP contribution in [0.4, 0.5) is 0 Å². The van der Waals surface area contributed by atoms with Crippen molar-refractivity contribution >= 4 is 17.6 Å². The standard InChI is InChI=1S/C21H33ClN4O2/c1-2-23-21(25-16-7-9-17(27)10-8-16)24-15-20(26-11-13-28-14-12-26)18-5-3-4-6-19(18)22/h3-6,16-17,20,27H,2,7-15H2,1H3,(H2,23,24,25). The van der Waals surface area contributed by atoms with Crippen LogP contribution < -0.4 is 10.6 Å². The van der Waals surface area contributed by atoms with Crippen molar-refractivity contribution in [2.75, 3.05) is 39.4 Å². The highest BCUT2D eigenvalue weighted by Crippen LogP contribution is 2.28. The molecule has 0 amide bonds. The summed E-state index contributed by atoms with van der Waals surface area (Å²) < 4.78 is 5.53. The van der Waals surface area contributed by atoms with E-state index in [1.54, 1.807) is 0 Å². The van der Waals surface area contributed by atoms with E-state index >= 15 is 0 Å². The van der Waals surface area contributed by atoms with Crippen molar-refractivity contribution in [3.8, 4) is 0 Å². The molecule has 1 aromatic rings. The number of guanidine groups is 1. The molecule has 1 saturated carbocycles. The second-order valence-corrected chi connectivity index (χ2v) is 7.96. The Morgan fingerprint density at radius 3 is 2.64 bits per heavy atom. The molecular weight excluding hydrogens is 376 g/mol. The van der Waals surface area contributed by atoms with Crippen LogP contribution in [-0.2, 0) is 4.74 Å². The number of hydrogen-bond donors (Lipinski definition) is 3. The van der Waals surface area contributed by atoms with E-state index in [1.807, 2.05) is 18.2 Å². The minimum Gasteiger partial charge on any atom is -0.393 e. The Labute approximate surface area is 173 Å². The topological polar surface area (TPSA) is 69.1 Å². The van der Waals surface area contributed by atoms with Crippen LogP contribution in [-0.4, -0.2) is 67.5 Å². The van der Waals surface area contributed by atoms with Crippen molar-refractivity contribution < 1.29 is 9.84 Å². The molecule has 1 unspecified atom stereocenters. The third kappa shape index (κ3) is 6.08. The molecule has 1 heterocycles. The lowest BCUT2D eigenvalue weighted by Crippen LogP contribution is -2.46. The fourth-order valence-corrected chi connectivity index (χ4v) is 4.22. The Balaban J connectivity index is 1.72. The van der Waals surface area contributed by atoms with Crippen molar-refractivity contribution in [1.29, 1.82) is 0 Å². The van der Waals surface area contributed by atoms with Gasteiger partial charge in [0.1, 0.15) is 0 Å². The van der Waals surface area contributed by atoms with Gasteiger partial charge in [0.05, 0.1) is 31.9 Å². The van der Waals surface area contributed by atoms with Crippen molar-refractivity contribution in [1.82, 2.24) is 15.5 Å². The molecule has 1 saturated heterocycles. The Kier molecular flexibility index (Phi) is 8.40. The molecule has 7 heteroatoms. The molecule has 0 radical (unpaired) electrons. The average Bonchev–Trinajstić information content (AvgIpc) is 2.72. The molecule has 0 aromatic heterocycles. The molecule has 0 bridgehead atoms. The second-order valence-electron chi connectivity index (χ2n) is 7.56. The molecule has 6 nitrogen and oxygen atoms in total. The Hall–Kier alpha value is -1.34. The van der Waals surface area contributed by atoms with Gasteiger partial charge in [0.15, 0.2) is 5.96 Å². The molecule has 2 fully saturated rings. The van der Waals surface area contributed by atoms with Gasteiger partial charge in [-0.1, -0.05) is 29.8 Å². The number of morpholine rings is 1. The van der Waals surface area contributed by atoms with Gasteiger partial charge in [-0.25, -0.2) is 0 Å². The number of aliphatic hydroxyl groups is 1. The number of nitrogens with zero attached hydrogens (tertiary/aromatic N) is 2. The highest BCUT2D eigenvalue weighted by molar-refractivity contribution is 6.31. The minimum absolute atomic E-state index is 0.126. The van der Waals surface area contributed by atoms with Crippen LogP contribution in [0.3, 0.4) is 0 Å². The Bertz CT molecular complexity index is 629. The second kappa shape index (κ2) is 11.0. The first-order valence-corrected chi connectivity index (χ1v) is 10.8. The predicted octanol–water partition coefficient (Wildman–Crippen LogP) is 2.57. The third-order valence-electron chi connectivity index (χ3n) is 5.55. The Morgan fingerprint density at radius 2 is 1.96 bits per heavy atom. The summed E-state index contributed by atoms with van der Waals surface area (Å²) in [6.45, 7) is 6.78. The molecule has 1 aliphatic heterocycles. The van der Waals surface area contributed by atoms with E-state index in [1.165, 1.54) is 0 Å². The van der Waals surface area contributed by atoms with Crippen LogP contribution in [0, 0.1) is 0 Å². The lowest BCUT2D eigenvalue weighted by molar-refractivity contribution is 0.0180. The average molecular weight is 409 g/mol. The molecule has 3 N–H and O–H groups in total. The summed E-state index contributed by atoms with van der Waals surface area (Å²) in [6.07, 6.45) is 3.51. The number of aliphatic imine (C=N–C) groups is 1. The molecule has 1 aliphatic carbocycles. The predicted molar refractivity (Wildman–Crippen MR) is 114 cm³/mol. The first-order valence-electron chi connectivity index (χ1n) is 10.5. The summed E-state index contributed by atoms with van der Waals surface area (Å²) >= 11 is 6.52. The molecule has 0 spiro atoms. The van der Waals surface area contributed by atoms with Crippen molar-refractivity contribution in [2.24, 2.45) is 4.99 Å². The maximum Gasteiger partial charge on any atom is 0.191 e. The quantitative estimate of drug-likeness (QED) is 0.498. The molecule has 3 rings (SSSR count). The van der Waals surface area contributed by atoms with Gasteiger partial charge in [-0.15, -0.1) is 0 Å². The van der Waals surface area contributed by atoms with Gasteiger partial charge in [-0.2, -0.15) is 0 Å². The third-order valence-corrected chi connectivity index (χ3v) is 5.90. The van der Waals surface area contributed by atoms with Gasteiger partial charge in [0, 0.05) is 30.7 Å². The molecule has 2 aliphatic rings. The molecule has 28 heavy (non-hydrogen) atoms. The Morgan fingerprint density at radius 1 is 1.25 bits per heavy atom. The number of ether oxygens (including phenoxy) is 1. The highest BCUT2D eigenvalue weighted by atomic mass is 35.5. The smallest absolute Gasteiger partial charge is 0.191 e. The van der Waals surface area contributed by atoms with Gasteiger partial charge in [0.2, 0.25) is 0 Å². The molecular formula is C21H33ClN4O2. The fourth-order valence-electron chi connectivity index (χ4n) is 3.96. The number of halogens is 1. The van der Waals surface area contributed by atoms with Crippen molar-refractivity contribution in [3.63, 3.8) is 0 Å². The fraction of sp³-hybridized carbons (Fsp3) is 0.667. The van der Waals surface area contributed by atoms with Gasteiger partial charge in [0.25, 0.3) is 0 Å². The van der Waals surface area contributed by atoms with Gasteiger partial charge < -0.3 is 20.5 Å². The normalized spacial score (nSPS) is 25.3. The summed E-state index contributed by atoms with van der Waals surface area (Å²) in [7, 11) is 0. The van der Waals surface area contributed by atoms with E-state index in [2.05, 4.69) is 28.5 Å². The van der Waals surface area contributed by atoms with Crippen LogP contribution in [0.2, 0.25) is 5.02 Å². The first kappa shape index (κ1) is 21.4. The van der Waals surface area contributed by atoms with Crippen molar-refractivity contribution in [3.05, 3.63) is 34.9 Å². The number of aliphatic hydroxyl groups excluding tert-OH is 1. The monoisotopic (exact) mass is 408 g/mol. The zero-order valence-electron chi connectivity index (χ0n) is 16.7. The van der Waals surface area contributed by atoms with Gasteiger partial charge in [-0.3, -0.25) is 9.89 Å². The van der Waals surface area contributed by atoms with E-state index in [0.29, 0.717) is 12.6 Å². The summed E-state index contributed by atoms with van der Waals surface area (Å²) in [5.41, 5.74) is 1.12. The zero-order chi connectivity index (χ0) is 19.8. The van der Waals surface area contributed by atoms with Crippen LogP contribution >= 0.6 is 11.6 Å². The summed E-state index contributed by atoms with van der Waals surface area (Å²) in [4.78, 5) is 7.32. The van der Waals surface area contributed by atoms with Crippen molar-refractivity contribution in [2.45, 2.75) is 50.8 Å². The SMILES string of the molecule is CCNC(=NCC(c1ccccc1Cl)N1CCOCC1)NC1CCC(O)CC1. The molecule has 156 valence electrons. The number of hydrogen-bond acceptors (Lipinski definition) is 4. The van der Waals surface area contributed by atoms with E-state index in [4.69, 9.17) is 21.3 Å². The highest BCUT2D eigenvalue weighted by Gasteiger charge is 2.25. The number of benzene rings is 1. The lowest BCUT2D eigenvalue weighted by Gasteiger charge is -2.34. The lowest BCUT2D eigenvalue weighted by atomic mass is 9.93. The van der Waals surface area contributed by atoms with E-state index in [0.717, 1.165) is 75.1 Å². The minimum atomic E-state index is -0.150. The van der Waals surface area contributed by atoms with E-state index in [-0.39, 0.29) is 12.1 Å². The van der Waals surface area contributed by atoms with Crippen LogP contribution in [0.15, 0.2) is 29.3 Å². The molecule has 1 atom stereocenters. The number of rotatable bonds is 6. The summed E-state index contributed by atoms with van der Waals surface area (Å²) in [6, 6.07) is 8.54. The maximum atomic E-state index is 9.74. The molecule has 1 aromatic carbocycles. The zero-order valence-corrected chi connectivity index (χ0v) is 17.5. The van der Waals surface area contributed by atoms with Gasteiger partial charge in [-0.05, 0) is 44.2 Å². The summed E-state index contributed by atoms with van der Waals surface area (Å²) in [5, 5.41) is 17.4. The van der Waals surface area contributed by atoms with E-state index < -0.39 is 0 Å². The van der Waals surface area contributed by atoms with Gasteiger partial charge >= 0.3 is 0 Å². The van der Waals surface area contributed by atoms with Crippen LogP contribution in [0.25, 0.3) is 0 Å². The van der Waals surface area contributed by atoms with Crippen LogP contribution in [0.5, 0.6) is 0 Å². The maximum absolute atomic E-state index is 9.74. The largest absolute Gasteiger partial charge is 0.393 e. The first-order chi connectivity index (χ1) is 13.7. The van der Waals surface area contributed by atoms with Crippen LogP contribution in [0.1, 0.15) is 44.2 Å². The van der Waals surface area contributed by atoms with E-state index in [9.17, 15) is 5.11 Å².